The predicted octanol–water partition coefficient (Wildman–Crippen LogP) is 2.14. The normalized spacial score (nSPS) is 25.1. The van der Waals surface area contributed by atoms with Crippen LogP contribution in [0.1, 0.15) is 39.5 Å². The van der Waals surface area contributed by atoms with Gasteiger partial charge in [0.15, 0.2) is 0 Å². The molecule has 4 nitrogen and oxygen atoms in total. The summed E-state index contributed by atoms with van der Waals surface area (Å²) in [5.41, 5.74) is 0.433. The molecule has 0 aromatic carbocycles. The summed E-state index contributed by atoms with van der Waals surface area (Å²) in [7, 11) is 3.57. The van der Waals surface area contributed by atoms with Crippen molar-refractivity contribution in [2.45, 2.75) is 45.6 Å². The second-order valence-electron chi connectivity index (χ2n) is 6.30. The van der Waals surface area contributed by atoms with Gasteiger partial charge < -0.3 is 14.8 Å². The topological polar surface area (TPSA) is 33.7 Å². The highest BCUT2D eigenvalue weighted by Gasteiger charge is 2.34. The molecule has 0 aromatic rings. The highest BCUT2D eigenvalue weighted by atomic mass is 16.5. The highest BCUT2D eigenvalue weighted by molar-refractivity contribution is 4.89. The van der Waals surface area contributed by atoms with E-state index in [0.29, 0.717) is 11.5 Å². The maximum Gasteiger partial charge on any atom is 0.0615 e. The first-order valence-electron chi connectivity index (χ1n) is 8.10. The summed E-state index contributed by atoms with van der Waals surface area (Å²) in [4.78, 5) is 2.55. The van der Waals surface area contributed by atoms with Gasteiger partial charge in [-0.05, 0) is 38.1 Å². The van der Waals surface area contributed by atoms with E-state index in [9.17, 15) is 0 Å². The van der Waals surface area contributed by atoms with Crippen molar-refractivity contribution in [2.75, 3.05) is 53.6 Å². The average molecular weight is 286 g/mol. The second kappa shape index (κ2) is 9.72. The van der Waals surface area contributed by atoms with Crippen molar-refractivity contribution in [3.63, 3.8) is 0 Å². The summed E-state index contributed by atoms with van der Waals surface area (Å²) >= 11 is 0. The molecule has 120 valence electrons. The fraction of sp³-hybridized carbons (Fsp3) is 1.00. The molecule has 0 bridgehead atoms. The molecule has 0 aliphatic carbocycles. The lowest BCUT2D eigenvalue weighted by molar-refractivity contribution is 0.0307. The molecule has 1 N–H and O–H groups in total. The summed E-state index contributed by atoms with van der Waals surface area (Å²) < 4.78 is 10.6. The van der Waals surface area contributed by atoms with Crippen LogP contribution in [0.4, 0.5) is 0 Å². The first-order valence-corrected chi connectivity index (χ1v) is 8.10. The molecule has 1 fully saturated rings. The Kier molecular flexibility index (Phi) is 8.69. The Labute approximate surface area is 125 Å². The van der Waals surface area contributed by atoms with Gasteiger partial charge in [-0.25, -0.2) is 0 Å². The molecule has 1 aliphatic rings. The standard InChI is InChI=1S/C16H34N2O2/c1-5-7-16(8-6-9-17-13-16)14-18(10-11-19-3)15(2)12-20-4/h15,17H,5-14H2,1-4H3. The number of hydrogen-bond donors (Lipinski definition) is 1. The summed E-state index contributed by atoms with van der Waals surface area (Å²) in [5, 5.41) is 3.60. The van der Waals surface area contributed by atoms with E-state index in [0.717, 1.165) is 32.8 Å². The number of nitrogens with one attached hydrogen (secondary N) is 1. The predicted molar refractivity (Wildman–Crippen MR) is 84.2 cm³/mol. The summed E-state index contributed by atoms with van der Waals surface area (Å²) in [6.07, 6.45) is 5.22. The molecule has 2 atom stereocenters. The van der Waals surface area contributed by atoms with Crippen LogP contribution in [-0.4, -0.2) is 64.6 Å². The van der Waals surface area contributed by atoms with E-state index in [2.05, 4.69) is 24.1 Å². The number of hydrogen-bond acceptors (Lipinski definition) is 4. The van der Waals surface area contributed by atoms with Gasteiger partial charge in [-0.3, -0.25) is 4.90 Å². The first-order chi connectivity index (χ1) is 9.67. The summed E-state index contributed by atoms with van der Waals surface area (Å²) in [5.74, 6) is 0. The van der Waals surface area contributed by atoms with E-state index in [1.54, 1.807) is 14.2 Å². The molecule has 1 saturated heterocycles. The molecule has 20 heavy (non-hydrogen) atoms. The zero-order valence-electron chi connectivity index (χ0n) is 13.9. The quantitative estimate of drug-likeness (QED) is 0.667. The third kappa shape index (κ3) is 5.68. The van der Waals surface area contributed by atoms with Crippen molar-refractivity contribution in [1.29, 1.82) is 0 Å². The van der Waals surface area contributed by atoms with Crippen LogP contribution in [0.15, 0.2) is 0 Å². The van der Waals surface area contributed by atoms with Gasteiger partial charge in [-0.1, -0.05) is 13.3 Å². The molecule has 1 aliphatic heterocycles. The van der Waals surface area contributed by atoms with Gasteiger partial charge in [0.2, 0.25) is 0 Å². The molecule has 0 amide bonds. The summed E-state index contributed by atoms with van der Waals surface area (Å²) in [6, 6.07) is 0.450. The Morgan fingerprint density at radius 3 is 2.65 bits per heavy atom. The van der Waals surface area contributed by atoms with Gasteiger partial charge in [0.25, 0.3) is 0 Å². The molecular weight excluding hydrogens is 252 g/mol. The zero-order chi connectivity index (χ0) is 14.8. The Balaban J connectivity index is 2.66. The minimum atomic E-state index is 0.433. The van der Waals surface area contributed by atoms with E-state index in [-0.39, 0.29) is 0 Å². The Morgan fingerprint density at radius 2 is 2.10 bits per heavy atom. The van der Waals surface area contributed by atoms with Crippen LogP contribution in [0, 0.1) is 5.41 Å². The molecule has 0 saturated carbocycles. The van der Waals surface area contributed by atoms with Crippen LogP contribution in [0.3, 0.4) is 0 Å². The van der Waals surface area contributed by atoms with E-state index >= 15 is 0 Å². The minimum absolute atomic E-state index is 0.433. The number of methoxy groups -OCH3 is 2. The Bertz CT molecular complexity index is 237. The smallest absolute Gasteiger partial charge is 0.0615 e. The highest BCUT2D eigenvalue weighted by Crippen LogP contribution is 2.33. The Morgan fingerprint density at radius 1 is 1.30 bits per heavy atom. The zero-order valence-corrected chi connectivity index (χ0v) is 13.9. The SMILES string of the molecule is CCCC1(CN(CCOC)C(C)COC)CCCNC1. The summed E-state index contributed by atoms with van der Waals surface area (Å²) in [6.45, 7) is 10.6. The van der Waals surface area contributed by atoms with Gasteiger partial charge in [-0.2, -0.15) is 0 Å². The average Bonchev–Trinajstić information content (AvgIpc) is 2.45. The number of rotatable bonds is 10. The van der Waals surface area contributed by atoms with Crippen molar-refractivity contribution in [2.24, 2.45) is 5.41 Å². The second-order valence-corrected chi connectivity index (χ2v) is 6.30. The van der Waals surface area contributed by atoms with Gasteiger partial charge in [-0.15, -0.1) is 0 Å². The van der Waals surface area contributed by atoms with E-state index in [4.69, 9.17) is 9.47 Å². The van der Waals surface area contributed by atoms with Gasteiger partial charge in [0, 0.05) is 39.9 Å². The van der Waals surface area contributed by atoms with Gasteiger partial charge >= 0.3 is 0 Å². The van der Waals surface area contributed by atoms with E-state index in [1.807, 2.05) is 0 Å². The lowest BCUT2D eigenvalue weighted by atomic mass is 9.76. The molecule has 1 heterocycles. The van der Waals surface area contributed by atoms with Crippen LogP contribution in [0.2, 0.25) is 0 Å². The van der Waals surface area contributed by atoms with Crippen molar-refractivity contribution in [1.82, 2.24) is 10.2 Å². The lowest BCUT2D eigenvalue weighted by Crippen LogP contribution is -2.51. The van der Waals surface area contributed by atoms with Crippen molar-refractivity contribution < 1.29 is 9.47 Å². The van der Waals surface area contributed by atoms with E-state index in [1.165, 1.54) is 32.2 Å². The molecule has 2 unspecified atom stereocenters. The molecule has 0 aromatic heterocycles. The van der Waals surface area contributed by atoms with Crippen LogP contribution < -0.4 is 5.32 Å². The van der Waals surface area contributed by atoms with Gasteiger partial charge in [0.1, 0.15) is 0 Å². The monoisotopic (exact) mass is 286 g/mol. The molecular formula is C16H34N2O2. The third-order valence-corrected chi connectivity index (χ3v) is 4.49. The van der Waals surface area contributed by atoms with Gasteiger partial charge in [0.05, 0.1) is 13.2 Å². The Hall–Kier alpha value is -0.160. The lowest BCUT2D eigenvalue weighted by Gasteiger charge is -2.43. The molecule has 0 spiro atoms. The largest absolute Gasteiger partial charge is 0.383 e. The molecule has 1 rings (SSSR count). The van der Waals surface area contributed by atoms with E-state index < -0.39 is 0 Å². The molecule has 0 radical (unpaired) electrons. The number of nitrogens with zero attached hydrogens (tertiary/aromatic N) is 1. The van der Waals surface area contributed by atoms with Crippen LogP contribution in [-0.2, 0) is 9.47 Å². The number of piperidine rings is 1. The maximum absolute atomic E-state index is 5.35. The number of ether oxygens (including phenoxy) is 2. The van der Waals surface area contributed by atoms with Crippen molar-refractivity contribution in [3.05, 3.63) is 0 Å². The van der Waals surface area contributed by atoms with Crippen molar-refractivity contribution in [3.8, 4) is 0 Å². The third-order valence-electron chi connectivity index (χ3n) is 4.49. The van der Waals surface area contributed by atoms with Crippen LogP contribution in [0.25, 0.3) is 0 Å². The fourth-order valence-corrected chi connectivity index (χ4v) is 3.43. The van der Waals surface area contributed by atoms with Crippen molar-refractivity contribution >= 4 is 0 Å². The first kappa shape index (κ1) is 17.9. The molecule has 4 heteroatoms. The van der Waals surface area contributed by atoms with Crippen LogP contribution in [0.5, 0.6) is 0 Å². The minimum Gasteiger partial charge on any atom is -0.383 e. The van der Waals surface area contributed by atoms with Crippen LogP contribution >= 0.6 is 0 Å². The maximum atomic E-state index is 5.35. The fourth-order valence-electron chi connectivity index (χ4n) is 3.43.